The molecule has 0 atom stereocenters. The third-order valence-corrected chi connectivity index (χ3v) is 4.28. The van der Waals surface area contributed by atoms with E-state index in [9.17, 15) is 4.79 Å². The molecule has 0 aliphatic carbocycles. The van der Waals surface area contributed by atoms with Gasteiger partial charge >= 0.3 is 0 Å². The monoisotopic (exact) mass is 448 g/mol. The number of ether oxygens (including phenoxy) is 1. The van der Waals surface area contributed by atoms with E-state index in [1.165, 1.54) is 0 Å². The zero-order valence-corrected chi connectivity index (χ0v) is 14.9. The fraction of sp³-hybridized carbons (Fsp3) is 0.286. The first-order valence-corrected chi connectivity index (χ1v) is 8.05. The Bertz CT molecular complexity index is 640. The van der Waals surface area contributed by atoms with Gasteiger partial charge in [-0.05, 0) is 47.2 Å². The molecular weight excluding hydrogens is 435 g/mol. The van der Waals surface area contributed by atoms with Crippen LogP contribution in [0.1, 0.15) is 29.4 Å². The van der Waals surface area contributed by atoms with Crippen LogP contribution in [0, 0.1) is 3.57 Å². The molecule has 0 spiro atoms. The van der Waals surface area contributed by atoms with Gasteiger partial charge in [-0.25, -0.2) is 0 Å². The number of methoxy groups -OCH3 is 1. The molecule has 0 fully saturated rings. The Hall–Kier alpha value is -0.890. The van der Waals surface area contributed by atoms with Crippen molar-refractivity contribution in [1.82, 2.24) is 9.78 Å². The molecule has 1 heterocycles. The van der Waals surface area contributed by atoms with E-state index in [0.29, 0.717) is 23.6 Å². The molecule has 0 radical (unpaired) electrons. The van der Waals surface area contributed by atoms with E-state index in [0.717, 1.165) is 14.5 Å². The highest BCUT2D eigenvalue weighted by Gasteiger charge is 2.22. The van der Waals surface area contributed by atoms with Gasteiger partial charge in [-0.1, -0.05) is 22.9 Å². The number of benzene rings is 1. The second kappa shape index (κ2) is 6.71. The van der Waals surface area contributed by atoms with Crippen molar-refractivity contribution in [3.8, 4) is 5.75 Å². The normalized spacial score (nSPS) is 10.6. The molecule has 0 saturated heterocycles. The second-order valence-corrected chi connectivity index (χ2v) is 6.32. The van der Waals surface area contributed by atoms with E-state index in [4.69, 9.17) is 4.74 Å². The number of carbonyl (C=O) groups excluding carboxylic acids is 1. The Labute approximate surface area is 139 Å². The van der Waals surface area contributed by atoms with Gasteiger partial charge in [0, 0.05) is 20.2 Å². The summed E-state index contributed by atoms with van der Waals surface area (Å²) in [7, 11) is 1.55. The summed E-state index contributed by atoms with van der Waals surface area (Å²) in [6.07, 6.45) is 2.49. The average molecular weight is 449 g/mol. The van der Waals surface area contributed by atoms with Crippen LogP contribution in [0.4, 0.5) is 0 Å². The third-order valence-electron chi connectivity index (χ3n) is 2.85. The predicted octanol–water partition coefficient (Wildman–Crippen LogP) is 3.90. The molecule has 0 unspecified atom stereocenters. The van der Waals surface area contributed by atoms with Gasteiger partial charge in [-0.3, -0.25) is 9.48 Å². The number of nitrogens with zero attached hydrogens (tertiary/aromatic N) is 2. The summed E-state index contributed by atoms with van der Waals surface area (Å²) >= 11 is 5.57. The number of aryl methyl sites for hydroxylation is 1. The quantitative estimate of drug-likeness (QED) is 0.514. The molecule has 4 nitrogen and oxygen atoms in total. The molecule has 0 N–H and O–H groups in total. The number of hydrogen-bond donors (Lipinski definition) is 0. The Kier molecular flexibility index (Phi) is 5.20. The molecule has 6 heteroatoms. The lowest BCUT2D eigenvalue weighted by molar-refractivity contribution is 0.102. The Morgan fingerprint density at radius 3 is 2.90 bits per heavy atom. The number of ketones is 1. The summed E-state index contributed by atoms with van der Waals surface area (Å²) in [6.45, 7) is 2.74. The summed E-state index contributed by atoms with van der Waals surface area (Å²) in [5, 5.41) is 4.23. The third kappa shape index (κ3) is 3.06. The number of hydrogen-bond acceptors (Lipinski definition) is 3. The molecule has 0 aliphatic rings. The largest absolute Gasteiger partial charge is 0.493 e. The summed E-state index contributed by atoms with van der Waals surface area (Å²) in [5.74, 6) is 0.442. The van der Waals surface area contributed by atoms with Gasteiger partial charge in [0.1, 0.15) is 0 Å². The Morgan fingerprint density at radius 2 is 2.25 bits per heavy atom. The van der Waals surface area contributed by atoms with Crippen molar-refractivity contribution in [3.05, 3.63) is 43.7 Å². The van der Waals surface area contributed by atoms with Gasteiger partial charge in [0.05, 0.1) is 13.3 Å². The summed E-state index contributed by atoms with van der Waals surface area (Å²) in [6, 6.07) is 5.65. The van der Waals surface area contributed by atoms with E-state index in [-0.39, 0.29) is 5.78 Å². The molecule has 20 heavy (non-hydrogen) atoms. The molecule has 0 amide bonds. The van der Waals surface area contributed by atoms with Crippen molar-refractivity contribution < 1.29 is 9.53 Å². The van der Waals surface area contributed by atoms with Crippen molar-refractivity contribution in [2.75, 3.05) is 7.11 Å². The highest BCUT2D eigenvalue weighted by molar-refractivity contribution is 14.1. The maximum absolute atomic E-state index is 12.8. The first-order chi connectivity index (χ1) is 9.58. The van der Waals surface area contributed by atoms with Gasteiger partial charge < -0.3 is 4.74 Å². The van der Waals surface area contributed by atoms with Gasteiger partial charge in [0.25, 0.3) is 0 Å². The van der Waals surface area contributed by atoms with E-state index in [1.54, 1.807) is 18.0 Å². The van der Waals surface area contributed by atoms with Crippen LogP contribution in [0.15, 0.2) is 28.9 Å². The van der Waals surface area contributed by atoms with E-state index >= 15 is 0 Å². The van der Waals surface area contributed by atoms with Crippen molar-refractivity contribution >= 4 is 44.3 Å². The standard InChI is InChI=1S/C14H14BrIN2O2/c1-3-6-18-13(12(20-2)8-17-18)14(19)10-7-9(15)4-5-11(10)16/h4-5,7-8H,3,6H2,1-2H3. The number of aromatic nitrogens is 2. The zero-order valence-electron chi connectivity index (χ0n) is 11.2. The molecule has 0 bridgehead atoms. The highest BCUT2D eigenvalue weighted by Crippen LogP contribution is 2.26. The van der Waals surface area contributed by atoms with Crippen LogP contribution in [0.3, 0.4) is 0 Å². The lowest BCUT2D eigenvalue weighted by atomic mass is 10.1. The average Bonchev–Trinajstić information content (AvgIpc) is 2.84. The molecule has 106 valence electrons. The molecule has 0 saturated carbocycles. The maximum atomic E-state index is 12.8. The second-order valence-electron chi connectivity index (χ2n) is 4.24. The van der Waals surface area contributed by atoms with Gasteiger partial charge in [0.15, 0.2) is 11.4 Å². The topological polar surface area (TPSA) is 44.1 Å². The smallest absolute Gasteiger partial charge is 0.215 e. The first kappa shape index (κ1) is 15.5. The summed E-state index contributed by atoms with van der Waals surface area (Å²) in [5.41, 5.74) is 1.15. The summed E-state index contributed by atoms with van der Waals surface area (Å²) in [4.78, 5) is 12.8. The predicted molar refractivity (Wildman–Crippen MR) is 89.4 cm³/mol. The SMILES string of the molecule is CCCn1ncc(OC)c1C(=O)c1cc(Br)ccc1I. The van der Waals surface area contributed by atoms with E-state index in [2.05, 4.69) is 43.6 Å². The van der Waals surface area contributed by atoms with E-state index < -0.39 is 0 Å². The maximum Gasteiger partial charge on any atom is 0.215 e. The van der Waals surface area contributed by atoms with Gasteiger partial charge in [-0.2, -0.15) is 5.10 Å². The van der Waals surface area contributed by atoms with Crippen LogP contribution in [0.2, 0.25) is 0 Å². The van der Waals surface area contributed by atoms with Crippen molar-refractivity contribution in [2.45, 2.75) is 19.9 Å². The Morgan fingerprint density at radius 1 is 1.50 bits per heavy atom. The zero-order chi connectivity index (χ0) is 14.7. The minimum atomic E-state index is -0.0708. The molecule has 0 aliphatic heterocycles. The number of halogens is 2. The van der Waals surface area contributed by atoms with Crippen molar-refractivity contribution in [3.63, 3.8) is 0 Å². The molecule has 2 aromatic rings. The van der Waals surface area contributed by atoms with Crippen LogP contribution in [-0.2, 0) is 6.54 Å². The fourth-order valence-electron chi connectivity index (χ4n) is 1.93. The molecule has 1 aromatic heterocycles. The lowest BCUT2D eigenvalue weighted by Gasteiger charge is -2.09. The van der Waals surface area contributed by atoms with Crippen LogP contribution in [0.5, 0.6) is 5.75 Å². The Balaban J connectivity index is 2.52. The lowest BCUT2D eigenvalue weighted by Crippen LogP contribution is -2.13. The fourth-order valence-corrected chi connectivity index (χ4v) is 2.87. The minimum Gasteiger partial charge on any atom is -0.493 e. The van der Waals surface area contributed by atoms with Crippen molar-refractivity contribution in [1.29, 1.82) is 0 Å². The highest BCUT2D eigenvalue weighted by atomic mass is 127. The van der Waals surface area contributed by atoms with Gasteiger partial charge in [0.2, 0.25) is 5.78 Å². The molecule has 2 rings (SSSR count). The number of carbonyl (C=O) groups is 1. The van der Waals surface area contributed by atoms with Crippen LogP contribution >= 0.6 is 38.5 Å². The number of rotatable bonds is 5. The summed E-state index contributed by atoms with van der Waals surface area (Å²) < 4.78 is 8.75. The molecular formula is C14H14BrIN2O2. The van der Waals surface area contributed by atoms with Crippen LogP contribution in [-0.4, -0.2) is 22.7 Å². The van der Waals surface area contributed by atoms with Crippen molar-refractivity contribution in [2.24, 2.45) is 0 Å². The van der Waals surface area contributed by atoms with E-state index in [1.807, 2.05) is 25.1 Å². The molecule has 1 aromatic carbocycles. The minimum absolute atomic E-state index is 0.0708. The van der Waals surface area contributed by atoms with Crippen LogP contribution in [0.25, 0.3) is 0 Å². The van der Waals surface area contributed by atoms with Crippen LogP contribution < -0.4 is 4.74 Å². The first-order valence-electron chi connectivity index (χ1n) is 6.18. The van der Waals surface area contributed by atoms with Gasteiger partial charge in [-0.15, -0.1) is 0 Å².